The minimum Gasteiger partial charge on any atom is -0.493 e. The third-order valence-corrected chi connectivity index (χ3v) is 5.21. The van der Waals surface area contributed by atoms with Crippen molar-refractivity contribution in [3.05, 3.63) is 60.8 Å². The van der Waals surface area contributed by atoms with E-state index < -0.39 is 5.72 Å². The van der Waals surface area contributed by atoms with Gasteiger partial charge in [0, 0.05) is 18.3 Å². The van der Waals surface area contributed by atoms with Gasteiger partial charge in [0.25, 0.3) is 0 Å². The van der Waals surface area contributed by atoms with Crippen LogP contribution in [0.4, 0.5) is 5.82 Å². The number of amidine groups is 1. The van der Waals surface area contributed by atoms with Gasteiger partial charge in [0.1, 0.15) is 0 Å². The molecule has 7 heteroatoms. The standard InChI is InChI=1S/C19H21N3O3S/c1-4-11-22-18(21-17-7-5-6-10-20-17)26-13-19(22,23)14-8-9-15(24-2)16(12-14)25-3/h4-10,12,23H,1,11,13H2,2-3H3/t19-/m0/s1. The SMILES string of the molecule is C=CCN1C(=Nc2ccccn2)SC[C@]1(O)c1ccc(OC)c(OC)c1. The molecule has 0 bridgehead atoms. The van der Waals surface area contributed by atoms with Crippen molar-refractivity contribution < 1.29 is 14.6 Å². The number of rotatable bonds is 6. The van der Waals surface area contributed by atoms with Crippen molar-refractivity contribution in [2.24, 2.45) is 4.99 Å². The number of aliphatic imine (C=N–C) groups is 1. The molecule has 26 heavy (non-hydrogen) atoms. The number of nitrogens with zero attached hydrogens (tertiary/aromatic N) is 3. The van der Waals surface area contributed by atoms with E-state index in [-0.39, 0.29) is 0 Å². The molecule has 1 aliphatic rings. The van der Waals surface area contributed by atoms with E-state index in [1.807, 2.05) is 29.2 Å². The average molecular weight is 371 g/mol. The summed E-state index contributed by atoms with van der Waals surface area (Å²) in [6, 6.07) is 11.0. The lowest BCUT2D eigenvalue weighted by Crippen LogP contribution is -2.45. The number of aromatic nitrogens is 1. The summed E-state index contributed by atoms with van der Waals surface area (Å²) >= 11 is 1.48. The topological polar surface area (TPSA) is 67.2 Å². The highest BCUT2D eigenvalue weighted by atomic mass is 32.2. The van der Waals surface area contributed by atoms with Crippen LogP contribution in [0.15, 0.2) is 60.2 Å². The molecule has 6 nitrogen and oxygen atoms in total. The van der Waals surface area contributed by atoms with E-state index in [1.165, 1.54) is 11.8 Å². The van der Waals surface area contributed by atoms with E-state index >= 15 is 0 Å². The van der Waals surface area contributed by atoms with Gasteiger partial charge >= 0.3 is 0 Å². The third-order valence-electron chi connectivity index (χ3n) is 4.10. The number of methoxy groups -OCH3 is 2. The first-order chi connectivity index (χ1) is 12.6. The van der Waals surface area contributed by atoms with Gasteiger partial charge < -0.3 is 19.5 Å². The summed E-state index contributed by atoms with van der Waals surface area (Å²) in [4.78, 5) is 10.6. The lowest BCUT2D eigenvalue weighted by atomic mass is 10.0. The van der Waals surface area contributed by atoms with Gasteiger partial charge in [-0.3, -0.25) is 0 Å². The highest BCUT2D eigenvalue weighted by Gasteiger charge is 2.44. The Kier molecular flexibility index (Phi) is 5.49. The molecule has 2 heterocycles. The second-order valence-electron chi connectivity index (χ2n) is 5.66. The summed E-state index contributed by atoms with van der Waals surface area (Å²) in [7, 11) is 3.16. The molecule has 3 rings (SSSR count). The quantitative estimate of drug-likeness (QED) is 0.787. The molecule has 1 aliphatic heterocycles. The zero-order valence-electron chi connectivity index (χ0n) is 14.8. The molecule has 1 N–H and O–H groups in total. The van der Waals surface area contributed by atoms with Gasteiger partial charge in [-0.1, -0.05) is 30.0 Å². The van der Waals surface area contributed by atoms with Crippen LogP contribution >= 0.6 is 11.8 Å². The Morgan fingerprint density at radius 2 is 2.12 bits per heavy atom. The minimum absolute atomic E-state index is 0.433. The van der Waals surface area contributed by atoms with Crippen LogP contribution < -0.4 is 9.47 Å². The van der Waals surface area contributed by atoms with E-state index in [0.717, 1.165) is 0 Å². The Balaban J connectivity index is 2.00. The summed E-state index contributed by atoms with van der Waals surface area (Å²) in [6.45, 7) is 4.26. The average Bonchev–Trinajstić information content (AvgIpc) is 2.99. The molecule has 0 spiro atoms. The van der Waals surface area contributed by atoms with Crippen LogP contribution in [-0.2, 0) is 5.72 Å². The van der Waals surface area contributed by atoms with Gasteiger partial charge in [-0.25, -0.2) is 9.98 Å². The van der Waals surface area contributed by atoms with Crippen LogP contribution in [0.2, 0.25) is 0 Å². The number of ether oxygens (including phenoxy) is 2. The van der Waals surface area contributed by atoms with Gasteiger partial charge in [0.05, 0.1) is 20.0 Å². The predicted octanol–water partition coefficient (Wildman–Crippen LogP) is 3.17. The molecular formula is C19H21N3O3S. The molecule has 1 aromatic carbocycles. The van der Waals surface area contributed by atoms with Crippen molar-refractivity contribution in [3.8, 4) is 11.5 Å². The van der Waals surface area contributed by atoms with Crippen LogP contribution in [-0.4, -0.2) is 46.7 Å². The molecule has 1 aromatic heterocycles. The third kappa shape index (κ3) is 3.40. The van der Waals surface area contributed by atoms with Gasteiger partial charge in [-0.15, -0.1) is 6.58 Å². The molecular weight excluding hydrogens is 350 g/mol. The summed E-state index contributed by atoms with van der Waals surface area (Å²) in [5.41, 5.74) is -0.526. The summed E-state index contributed by atoms with van der Waals surface area (Å²) < 4.78 is 10.7. The fraction of sp³-hybridized carbons (Fsp3) is 0.263. The van der Waals surface area contributed by atoms with E-state index in [4.69, 9.17) is 9.47 Å². The fourth-order valence-corrected chi connectivity index (χ4v) is 3.96. The van der Waals surface area contributed by atoms with Gasteiger partial charge in [-0.05, 0) is 24.3 Å². The number of thioether (sulfide) groups is 1. The number of pyridine rings is 1. The van der Waals surface area contributed by atoms with E-state index in [1.54, 1.807) is 38.6 Å². The van der Waals surface area contributed by atoms with Crippen molar-refractivity contribution in [1.29, 1.82) is 0 Å². The summed E-state index contributed by atoms with van der Waals surface area (Å²) in [5.74, 6) is 2.21. The Labute approximate surface area is 157 Å². The van der Waals surface area contributed by atoms with Crippen LogP contribution in [0.25, 0.3) is 0 Å². The molecule has 0 amide bonds. The lowest BCUT2D eigenvalue weighted by molar-refractivity contribution is -0.0423. The Morgan fingerprint density at radius 3 is 2.77 bits per heavy atom. The van der Waals surface area contributed by atoms with E-state index in [2.05, 4.69) is 16.6 Å². The van der Waals surface area contributed by atoms with Crippen molar-refractivity contribution in [1.82, 2.24) is 9.88 Å². The molecule has 0 saturated carbocycles. The first-order valence-electron chi connectivity index (χ1n) is 8.08. The highest BCUT2D eigenvalue weighted by molar-refractivity contribution is 8.14. The maximum absolute atomic E-state index is 11.4. The molecule has 136 valence electrons. The Bertz CT molecular complexity index is 813. The van der Waals surface area contributed by atoms with Crippen LogP contribution in [0, 0.1) is 0 Å². The van der Waals surface area contributed by atoms with Gasteiger partial charge in [0.15, 0.2) is 28.2 Å². The van der Waals surface area contributed by atoms with Gasteiger partial charge in [0.2, 0.25) is 0 Å². The normalized spacial score (nSPS) is 21.0. The van der Waals surface area contributed by atoms with Crippen molar-refractivity contribution >= 4 is 22.7 Å². The van der Waals surface area contributed by atoms with Gasteiger partial charge in [-0.2, -0.15) is 0 Å². The van der Waals surface area contributed by atoms with Crippen molar-refractivity contribution in [2.75, 3.05) is 26.5 Å². The van der Waals surface area contributed by atoms with Crippen molar-refractivity contribution in [3.63, 3.8) is 0 Å². The Morgan fingerprint density at radius 1 is 1.31 bits per heavy atom. The highest BCUT2D eigenvalue weighted by Crippen LogP contribution is 2.42. The second kappa shape index (κ2) is 7.80. The maximum Gasteiger partial charge on any atom is 0.176 e. The summed E-state index contributed by atoms with van der Waals surface area (Å²) in [5, 5.41) is 12.1. The second-order valence-corrected chi connectivity index (χ2v) is 6.60. The maximum atomic E-state index is 11.4. The van der Waals surface area contributed by atoms with Crippen LogP contribution in [0.3, 0.4) is 0 Å². The smallest absolute Gasteiger partial charge is 0.176 e. The monoisotopic (exact) mass is 371 g/mol. The summed E-state index contributed by atoms with van der Waals surface area (Å²) in [6.07, 6.45) is 3.43. The van der Waals surface area contributed by atoms with Crippen molar-refractivity contribution in [2.45, 2.75) is 5.72 Å². The van der Waals surface area contributed by atoms with Crippen LogP contribution in [0.5, 0.6) is 11.5 Å². The number of aliphatic hydroxyl groups is 1. The predicted molar refractivity (Wildman–Crippen MR) is 104 cm³/mol. The first-order valence-corrected chi connectivity index (χ1v) is 9.07. The molecule has 1 fully saturated rings. The van der Waals surface area contributed by atoms with Crippen LogP contribution in [0.1, 0.15) is 5.56 Å². The molecule has 1 atom stereocenters. The zero-order chi connectivity index (χ0) is 18.6. The molecule has 0 aliphatic carbocycles. The number of hydrogen-bond donors (Lipinski definition) is 1. The fourth-order valence-electron chi connectivity index (χ4n) is 2.77. The Hall–Kier alpha value is -2.51. The van der Waals surface area contributed by atoms with E-state index in [0.29, 0.717) is 40.3 Å². The largest absolute Gasteiger partial charge is 0.493 e. The number of hydrogen-bond acceptors (Lipinski definition) is 6. The number of benzene rings is 1. The zero-order valence-corrected chi connectivity index (χ0v) is 15.6. The molecule has 1 saturated heterocycles. The molecule has 0 radical (unpaired) electrons. The minimum atomic E-state index is -1.23. The molecule has 2 aromatic rings. The molecule has 0 unspecified atom stereocenters. The lowest BCUT2D eigenvalue weighted by Gasteiger charge is -2.34. The van der Waals surface area contributed by atoms with E-state index in [9.17, 15) is 5.11 Å². The first kappa shape index (κ1) is 18.3.